The lowest BCUT2D eigenvalue weighted by Crippen LogP contribution is -2.40. The average Bonchev–Trinajstić information content (AvgIpc) is 3.22. The third kappa shape index (κ3) is 4.80. The summed E-state index contributed by atoms with van der Waals surface area (Å²) in [5.74, 6) is 1.40. The predicted octanol–water partition coefficient (Wildman–Crippen LogP) is 3.93. The molecule has 2 aromatic carbocycles. The zero-order chi connectivity index (χ0) is 21.8. The fourth-order valence-electron chi connectivity index (χ4n) is 3.36. The van der Waals surface area contributed by atoms with Gasteiger partial charge < -0.3 is 9.30 Å². The van der Waals surface area contributed by atoms with E-state index in [2.05, 4.69) is 10.2 Å². The first-order chi connectivity index (χ1) is 15.0. The number of aromatic nitrogens is 3. The summed E-state index contributed by atoms with van der Waals surface area (Å²) >= 11 is 7.83. The molecule has 0 aliphatic carbocycles. The lowest BCUT2D eigenvalue weighted by molar-refractivity contribution is 0.0730. The van der Waals surface area contributed by atoms with Gasteiger partial charge in [-0.1, -0.05) is 41.6 Å². The van der Waals surface area contributed by atoms with E-state index in [4.69, 9.17) is 16.3 Å². The van der Waals surface area contributed by atoms with Crippen LogP contribution in [0.25, 0.3) is 11.4 Å². The molecule has 31 heavy (non-hydrogen) atoms. The fraction of sp³-hybridized carbons (Fsp3) is 0.333. The Bertz CT molecular complexity index is 1140. The third-order valence-electron chi connectivity index (χ3n) is 5.07. The molecule has 2 heterocycles. The van der Waals surface area contributed by atoms with Crippen LogP contribution in [-0.2, 0) is 27.1 Å². The van der Waals surface area contributed by atoms with E-state index in [0.717, 1.165) is 21.3 Å². The van der Waals surface area contributed by atoms with Gasteiger partial charge in [0.2, 0.25) is 10.0 Å². The Hall–Kier alpha value is -1.91. The zero-order valence-corrected chi connectivity index (χ0v) is 19.5. The van der Waals surface area contributed by atoms with Crippen LogP contribution in [0.15, 0.2) is 58.6 Å². The van der Waals surface area contributed by atoms with Crippen LogP contribution in [0.3, 0.4) is 0 Å². The van der Waals surface area contributed by atoms with Crippen molar-refractivity contribution < 1.29 is 13.2 Å². The van der Waals surface area contributed by atoms with Crippen molar-refractivity contribution in [1.29, 1.82) is 0 Å². The summed E-state index contributed by atoms with van der Waals surface area (Å²) in [6.07, 6.45) is 0. The number of rotatable bonds is 7. The van der Waals surface area contributed by atoms with Crippen LogP contribution in [0.2, 0.25) is 5.02 Å². The van der Waals surface area contributed by atoms with Gasteiger partial charge in [0.15, 0.2) is 11.0 Å². The summed E-state index contributed by atoms with van der Waals surface area (Å²) < 4.78 is 34.4. The highest BCUT2D eigenvalue weighted by Gasteiger charge is 2.26. The van der Waals surface area contributed by atoms with Crippen LogP contribution < -0.4 is 0 Å². The number of hydrogen-bond acceptors (Lipinski definition) is 6. The van der Waals surface area contributed by atoms with E-state index in [0.29, 0.717) is 44.4 Å². The van der Waals surface area contributed by atoms with Crippen molar-refractivity contribution >= 4 is 33.4 Å². The van der Waals surface area contributed by atoms with E-state index < -0.39 is 10.0 Å². The summed E-state index contributed by atoms with van der Waals surface area (Å²) in [6, 6.07) is 14.6. The molecule has 0 radical (unpaired) electrons. The second-order valence-corrected chi connectivity index (χ2v) is 10.3. The molecule has 0 saturated carbocycles. The summed E-state index contributed by atoms with van der Waals surface area (Å²) in [4.78, 5) is 0.272. The zero-order valence-electron chi connectivity index (χ0n) is 17.1. The molecular formula is C21H23ClN4O3S2. The van der Waals surface area contributed by atoms with Crippen molar-refractivity contribution in [2.75, 3.05) is 26.3 Å². The van der Waals surface area contributed by atoms with Crippen LogP contribution in [-0.4, -0.2) is 53.8 Å². The van der Waals surface area contributed by atoms with Gasteiger partial charge in [0.25, 0.3) is 0 Å². The van der Waals surface area contributed by atoms with Crippen LogP contribution in [0.5, 0.6) is 0 Å². The summed E-state index contributed by atoms with van der Waals surface area (Å²) in [7, 11) is -3.52. The van der Waals surface area contributed by atoms with Gasteiger partial charge in [-0.05, 0) is 42.8 Å². The van der Waals surface area contributed by atoms with Gasteiger partial charge in [-0.15, -0.1) is 10.2 Å². The number of hydrogen-bond donors (Lipinski definition) is 0. The minimum Gasteiger partial charge on any atom is -0.379 e. The summed E-state index contributed by atoms with van der Waals surface area (Å²) in [5.41, 5.74) is 1.86. The smallest absolute Gasteiger partial charge is 0.243 e. The minimum absolute atomic E-state index is 0.272. The molecule has 10 heteroatoms. The highest BCUT2D eigenvalue weighted by Crippen LogP contribution is 2.29. The maximum Gasteiger partial charge on any atom is 0.243 e. The first-order valence-electron chi connectivity index (χ1n) is 9.98. The Morgan fingerprint density at radius 2 is 1.77 bits per heavy atom. The molecule has 0 bridgehead atoms. The summed E-state index contributed by atoms with van der Waals surface area (Å²) in [5, 5.41) is 10.2. The van der Waals surface area contributed by atoms with Crippen LogP contribution in [0, 0.1) is 0 Å². The Morgan fingerprint density at radius 1 is 1.06 bits per heavy atom. The van der Waals surface area contributed by atoms with Crippen LogP contribution >= 0.6 is 23.4 Å². The maximum atomic E-state index is 12.8. The van der Waals surface area contributed by atoms with E-state index >= 15 is 0 Å². The number of ether oxygens (including phenoxy) is 1. The van der Waals surface area contributed by atoms with Crippen molar-refractivity contribution in [1.82, 2.24) is 19.1 Å². The fourth-order valence-corrected chi connectivity index (χ4v) is 6.06. The van der Waals surface area contributed by atoms with Gasteiger partial charge in [0, 0.05) is 36.0 Å². The summed E-state index contributed by atoms with van der Waals surface area (Å²) in [6.45, 7) is 4.32. The van der Waals surface area contributed by atoms with Gasteiger partial charge in [0.1, 0.15) is 0 Å². The molecule has 0 spiro atoms. The van der Waals surface area contributed by atoms with Crippen molar-refractivity contribution in [2.24, 2.45) is 0 Å². The molecule has 3 aromatic rings. The number of nitrogens with zero attached hydrogens (tertiary/aromatic N) is 4. The standard InChI is InChI=1S/C21H23ClN4O3S2/c1-2-26-20(23-24-21(26)30-15-17-5-3-4-6-19(17)22)16-7-9-18(10-8-16)31(27,28)25-11-13-29-14-12-25/h3-10H,2,11-15H2,1H3. The van der Waals surface area contributed by atoms with Crippen LogP contribution in [0.1, 0.15) is 12.5 Å². The minimum atomic E-state index is -3.52. The van der Waals surface area contributed by atoms with E-state index in [1.54, 1.807) is 36.0 Å². The predicted molar refractivity (Wildman–Crippen MR) is 122 cm³/mol. The van der Waals surface area contributed by atoms with Crippen molar-refractivity contribution in [3.8, 4) is 11.4 Å². The number of halogens is 1. The maximum absolute atomic E-state index is 12.8. The second kappa shape index (κ2) is 9.70. The highest BCUT2D eigenvalue weighted by molar-refractivity contribution is 7.98. The quantitative estimate of drug-likeness (QED) is 0.479. The second-order valence-electron chi connectivity index (χ2n) is 6.97. The normalized spacial score (nSPS) is 15.3. The molecule has 1 aromatic heterocycles. The molecule has 164 valence electrons. The number of morpholine rings is 1. The number of thioether (sulfide) groups is 1. The monoisotopic (exact) mass is 478 g/mol. The molecule has 1 fully saturated rings. The van der Waals surface area contributed by atoms with Crippen molar-refractivity contribution in [3.05, 3.63) is 59.1 Å². The SMILES string of the molecule is CCn1c(SCc2ccccc2Cl)nnc1-c1ccc(S(=O)(=O)N2CCOCC2)cc1. The molecule has 0 unspecified atom stereocenters. The molecule has 0 amide bonds. The van der Waals surface area contributed by atoms with Crippen molar-refractivity contribution in [3.63, 3.8) is 0 Å². The molecule has 1 aliphatic rings. The van der Waals surface area contributed by atoms with Gasteiger partial charge in [0.05, 0.1) is 18.1 Å². The van der Waals surface area contributed by atoms with E-state index in [9.17, 15) is 8.42 Å². The molecule has 1 aliphatic heterocycles. The largest absolute Gasteiger partial charge is 0.379 e. The first kappa shape index (κ1) is 22.3. The molecule has 4 rings (SSSR count). The first-order valence-corrected chi connectivity index (χ1v) is 12.8. The third-order valence-corrected chi connectivity index (χ3v) is 8.37. The Balaban J connectivity index is 1.54. The molecule has 0 N–H and O–H groups in total. The lowest BCUT2D eigenvalue weighted by Gasteiger charge is -2.26. The average molecular weight is 479 g/mol. The van der Waals surface area contributed by atoms with E-state index in [1.807, 2.05) is 35.8 Å². The Kier molecular flexibility index (Phi) is 6.98. The highest BCUT2D eigenvalue weighted by atomic mass is 35.5. The van der Waals surface area contributed by atoms with Gasteiger partial charge in [-0.25, -0.2) is 8.42 Å². The molecule has 0 atom stereocenters. The lowest BCUT2D eigenvalue weighted by atomic mass is 10.2. The van der Waals surface area contributed by atoms with Gasteiger partial charge >= 0.3 is 0 Å². The molecule has 7 nitrogen and oxygen atoms in total. The van der Waals surface area contributed by atoms with Gasteiger partial charge in [-0.2, -0.15) is 4.31 Å². The van der Waals surface area contributed by atoms with Crippen molar-refractivity contribution in [2.45, 2.75) is 29.3 Å². The van der Waals surface area contributed by atoms with E-state index in [-0.39, 0.29) is 4.90 Å². The molecular weight excluding hydrogens is 456 g/mol. The Morgan fingerprint density at radius 3 is 2.45 bits per heavy atom. The number of benzene rings is 2. The topological polar surface area (TPSA) is 77.3 Å². The van der Waals surface area contributed by atoms with Gasteiger partial charge in [-0.3, -0.25) is 0 Å². The Labute approximate surface area is 191 Å². The van der Waals surface area contributed by atoms with E-state index in [1.165, 1.54) is 4.31 Å². The van der Waals surface area contributed by atoms with Crippen LogP contribution in [0.4, 0.5) is 0 Å². The number of sulfonamides is 1. The molecule has 1 saturated heterocycles.